The summed E-state index contributed by atoms with van der Waals surface area (Å²) < 4.78 is 5.75. The van der Waals surface area contributed by atoms with Crippen LogP contribution in [0.3, 0.4) is 0 Å². The third-order valence-corrected chi connectivity index (χ3v) is 2.98. The number of aryl methyl sites for hydroxylation is 2. The first-order chi connectivity index (χ1) is 8.08. The van der Waals surface area contributed by atoms with Crippen molar-refractivity contribution in [2.75, 3.05) is 6.61 Å². The molecule has 2 nitrogen and oxygen atoms in total. The molecular weight excluding hydrogens is 210 g/mol. The van der Waals surface area contributed by atoms with E-state index in [1.165, 1.54) is 16.7 Å². The molecule has 1 aromatic carbocycles. The molecule has 0 aliphatic carbocycles. The van der Waals surface area contributed by atoms with Gasteiger partial charge in [0.25, 0.3) is 0 Å². The van der Waals surface area contributed by atoms with Gasteiger partial charge < -0.3 is 10.5 Å². The van der Waals surface area contributed by atoms with Crippen LogP contribution < -0.4 is 5.73 Å². The lowest BCUT2D eigenvalue weighted by Crippen LogP contribution is -2.29. The van der Waals surface area contributed by atoms with Crippen LogP contribution in [0.5, 0.6) is 0 Å². The van der Waals surface area contributed by atoms with Gasteiger partial charge in [-0.3, -0.25) is 0 Å². The molecule has 0 amide bonds. The first-order valence-corrected chi connectivity index (χ1v) is 6.53. The van der Waals surface area contributed by atoms with Crippen LogP contribution in [0.1, 0.15) is 49.4 Å². The van der Waals surface area contributed by atoms with Crippen molar-refractivity contribution in [2.24, 2.45) is 5.73 Å². The minimum Gasteiger partial charge on any atom is -0.377 e. The van der Waals surface area contributed by atoms with Crippen LogP contribution in [-0.2, 0) is 4.74 Å². The number of nitrogens with two attached hydrogens (primary N) is 1. The summed E-state index contributed by atoms with van der Waals surface area (Å²) in [5.74, 6) is 0. The number of rotatable bonds is 6. The van der Waals surface area contributed by atoms with Crippen molar-refractivity contribution in [3.05, 3.63) is 34.9 Å². The SMILES string of the molecule is CCCC(OCC)C(N)c1cc(C)cc(C)c1. The topological polar surface area (TPSA) is 35.2 Å². The molecule has 0 aliphatic rings. The van der Waals surface area contributed by atoms with Gasteiger partial charge >= 0.3 is 0 Å². The van der Waals surface area contributed by atoms with Crippen LogP contribution in [0, 0.1) is 13.8 Å². The molecule has 2 N–H and O–H groups in total. The Balaban J connectivity index is 2.87. The van der Waals surface area contributed by atoms with Crippen molar-refractivity contribution < 1.29 is 4.74 Å². The maximum atomic E-state index is 6.32. The average Bonchev–Trinajstić information content (AvgIpc) is 2.26. The van der Waals surface area contributed by atoms with Crippen molar-refractivity contribution >= 4 is 0 Å². The standard InChI is InChI=1S/C15H25NO/c1-5-7-14(17-6-2)15(16)13-9-11(3)8-12(4)10-13/h8-10,14-15H,5-7,16H2,1-4H3. The highest BCUT2D eigenvalue weighted by molar-refractivity contribution is 5.31. The Labute approximate surface area is 105 Å². The number of hydrogen-bond donors (Lipinski definition) is 1. The van der Waals surface area contributed by atoms with Gasteiger partial charge in [0.05, 0.1) is 12.1 Å². The van der Waals surface area contributed by atoms with Crippen LogP contribution in [-0.4, -0.2) is 12.7 Å². The highest BCUT2D eigenvalue weighted by atomic mass is 16.5. The quantitative estimate of drug-likeness (QED) is 0.819. The Bertz CT molecular complexity index is 323. The zero-order valence-electron chi connectivity index (χ0n) is 11.5. The summed E-state index contributed by atoms with van der Waals surface area (Å²) >= 11 is 0. The summed E-state index contributed by atoms with van der Waals surface area (Å²) in [6.07, 6.45) is 2.25. The highest BCUT2D eigenvalue weighted by Gasteiger charge is 2.19. The van der Waals surface area contributed by atoms with Crippen molar-refractivity contribution in [1.82, 2.24) is 0 Å². The number of hydrogen-bond acceptors (Lipinski definition) is 2. The lowest BCUT2D eigenvalue weighted by molar-refractivity contribution is 0.0374. The molecule has 0 bridgehead atoms. The summed E-state index contributed by atoms with van der Waals surface area (Å²) in [6, 6.07) is 6.48. The lowest BCUT2D eigenvalue weighted by atomic mass is 9.96. The molecule has 0 spiro atoms. The fourth-order valence-electron chi connectivity index (χ4n) is 2.28. The molecule has 2 unspecified atom stereocenters. The van der Waals surface area contributed by atoms with Crippen LogP contribution in [0.15, 0.2) is 18.2 Å². The first-order valence-electron chi connectivity index (χ1n) is 6.53. The van der Waals surface area contributed by atoms with Crippen molar-refractivity contribution in [3.8, 4) is 0 Å². The van der Waals surface area contributed by atoms with Crippen molar-refractivity contribution in [3.63, 3.8) is 0 Å². The van der Waals surface area contributed by atoms with Gasteiger partial charge in [-0.25, -0.2) is 0 Å². The third-order valence-electron chi connectivity index (χ3n) is 2.98. The molecule has 96 valence electrons. The van der Waals surface area contributed by atoms with Crippen LogP contribution in [0.4, 0.5) is 0 Å². The van der Waals surface area contributed by atoms with E-state index in [9.17, 15) is 0 Å². The molecule has 0 saturated carbocycles. The monoisotopic (exact) mass is 235 g/mol. The van der Waals surface area contributed by atoms with Gasteiger partial charge in [0, 0.05) is 6.61 Å². The number of benzene rings is 1. The smallest absolute Gasteiger partial charge is 0.0767 e. The van der Waals surface area contributed by atoms with E-state index in [0.717, 1.165) is 19.4 Å². The zero-order chi connectivity index (χ0) is 12.8. The first kappa shape index (κ1) is 14.2. The summed E-state index contributed by atoms with van der Waals surface area (Å²) in [6.45, 7) is 9.14. The molecule has 0 radical (unpaired) electrons. The van der Waals surface area contributed by atoms with Gasteiger partial charge in [-0.2, -0.15) is 0 Å². The summed E-state index contributed by atoms with van der Waals surface area (Å²) in [7, 11) is 0. The maximum absolute atomic E-state index is 6.32. The molecule has 0 fully saturated rings. The molecule has 0 saturated heterocycles. The van der Waals surface area contributed by atoms with E-state index in [4.69, 9.17) is 10.5 Å². The Morgan fingerprint density at radius 2 is 1.71 bits per heavy atom. The van der Waals surface area contributed by atoms with Gasteiger partial charge in [0.15, 0.2) is 0 Å². The van der Waals surface area contributed by atoms with E-state index in [2.05, 4.69) is 39.0 Å². The molecule has 1 aromatic rings. The van der Waals surface area contributed by atoms with E-state index in [0.29, 0.717) is 0 Å². The van der Waals surface area contributed by atoms with Crippen LogP contribution >= 0.6 is 0 Å². The Morgan fingerprint density at radius 3 is 2.18 bits per heavy atom. The predicted molar refractivity (Wildman–Crippen MR) is 73.2 cm³/mol. The predicted octanol–water partition coefficient (Wildman–Crippen LogP) is 3.51. The Morgan fingerprint density at radius 1 is 1.12 bits per heavy atom. The van der Waals surface area contributed by atoms with E-state index >= 15 is 0 Å². The van der Waals surface area contributed by atoms with Gasteiger partial charge in [-0.05, 0) is 32.8 Å². The van der Waals surface area contributed by atoms with Gasteiger partial charge in [0.2, 0.25) is 0 Å². The summed E-state index contributed by atoms with van der Waals surface area (Å²) in [4.78, 5) is 0. The largest absolute Gasteiger partial charge is 0.377 e. The molecular formula is C15H25NO. The fourth-order valence-corrected chi connectivity index (χ4v) is 2.28. The maximum Gasteiger partial charge on any atom is 0.0767 e. The summed E-state index contributed by atoms with van der Waals surface area (Å²) in [5.41, 5.74) is 10.0. The molecule has 0 heterocycles. The Hall–Kier alpha value is -0.860. The van der Waals surface area contributed by atoms with E-state index in [-0.39, 0.29) is 12.1 Å². The van der Waals surface area contributed by atoms with E-state index in [1.54, 1.807) is 0 Å². The molecule has 0 aromatic heterocycles. The molecule has 2 atom stereocenters. The minimum absolute atomic E-state index is 0.0199. The average molecular weight is 235 g/mol. The second-order valence-corrected chi connectivity index (χ2v) is 4.73. The van der Waals surface area contributed by atoms with Gasteiger partial charge in [-0.15, -0.1) is 0 Å². The van der Waals surface area contributed by atoms with E-state index in [1.807, 2.05) is 6.92 Å². The fraction of sp³-hybridized carbons (Fsp3) is 0.600. The van der Waals surface area contributed by atoms with Crippen molar-refractivity contribution in [1.29, 1.82) is 0 Å². The highest BCUT2D eigenvalue weighted by Crippen LogP contribution is 2.22. The second kappa shape index (κ2) is 6.77. The second-order valence-electron chi connectivity index (χ2n) is 4.73. The normalized spacial score (nSPS) is 14.6. The van der Waals surface area contributed by atoms with Gasteiger partial charge in [-0.1, -0.05) is 42.7 Å². The summed E-state index contributed by atoms with van der Waals surface area (Å²) in [5, 5.41) is 0. The molecule has 2 heteroatoms. The molecule has 17 heavy (non-hydrogen) atoms. The minimum atomic E-state index is -0.0199. The Kier molecular flexibility index (Phi) is 5.66. The van der Waals surface area contributed by atoms with Gasteiger partial charge in [0.1, 0.15) is 0 Å². The lowest BCUT2D eigenvalue weighted by Gasteiger charge is -2.24. The number of ether oxygens (including phenoxy) is 1. The van der Waals surface area contributed by atoms with Crippen LogP contribution in [0.25, 0.3) is 0 Å². The zero-order valence-corrected chi connectivity index (χ0v) is 11.5. The van der Waals surface area contributed by atoms with E-state index < -0.39 is 0 Å². The van der Waals surface area contributed by atoms with Crippen molar-refractivity contribution in [2.45, 2.75) is 52.7 Å². The molecule has 1 rings (SSSR count). The third kappa shape index (κ3) is 4.14. The molecule has 0 aliphatic heterocycles. The van der Waals surface area contributed by atoms with Crippen LogP contribution in [0.2, 0.25) is 0 Å².